The van der Waals surface area contributed by atoms with Gasteiger partial charge in [-0.05, 0) is 13.0 Å². The second kappa shape index (κ2) is 4.73. The van der Waals surface area contributed by atoms with Crippen molar-refractivity contribution in [2.75, 3.05) is 0 Å². The Labute approximate surface area is 98.3 Å². The Kier molecular flexibility index (Phi) is 3.13. The summed E-state index contributed by atoms with van der Waals surface area (Å²) in [4.78, 5) is 19.1. The summed E-state index contributed by atoms with van der Waals surface area (Å²) in [5.41, 5.74) is 0.941. The minimum absolute atomic E-state index is 0.0456. The van der Waals surface area contributed by atoms with Crippen LogP contribution in [-0.2, 0) is 4.79 Å². The number of rotatable bonds is 3. The molecule has 88 valence electrons. The number of hydrogen-bond acceptors (Lipinski definition) is 5. The van der Waals surface area contributed by atoms with Gasteiger partial charge < -0.3 is 4.74 Å². The second-order valence-corrected chi connectivity index (χ2v) is 3.41. The van der Waals surface area contributed by atoms with Crippen molar-refractivity contribution in [2.45, 2.75) is 20.3 Å². The molecule has 0 aliphatic heterocycles. The molecule has 0 aliphatic rings. The first-order valence-corrected chi connectivity index (χ1v) is 5.25. The average Bonchev–Trinajstić information content (AvgIpc) is 2.75. The predicted octanol–water partition coefficient (Wildman–Crippen LogP) is 1.29. The van der Waals surface area contributed by atoms with Gasteiger partial charge in [0.1, 0.15) is 0 Å². The van der Waals surface area contributed by atoms with E-state index in [9.17, 15) is 4.79 Å². The highest BCUT2D eigenvalue weighted by Gasteiger charge is 2.07. The molecule has 0 amide bonds. The molecule has 2 aromatic rings. The Hall–Kier alpha value is -2.24. The molecule has 6 heteroatoms. The van der Waals surface area contributed by atoms with Crippen LogP contribution in [0.4, 0.5) is 0 Å². The van der Waals surface area contributed by atoms with Crippen molar-refractivity contribution in [2.24, 2.45) is 0 Å². The number of aromatic nitrogens is 4. The molecular weight excluding hydrogens is 220 g/mol. The molecule has 0 aliphatic carbocycles. The molecule has 2 rings (SSSR count). The summed E-state index contributed by atoms with van der Waals surface area (Å²) in [6, 6.07) is 3.60. The van der Waals surface area contributed by atoms with Crippen LogP contribution in [0.3, 0.4) is 0 Å². The highest BCUT2D eigenvalue weighted by atomic mass is 16.5. The summed E-state index contributed by atoms with van der Waals surface area (Å²) in [7, 11) is 0. The fraction of sp³-hybridized carbons (Fsp3) is 0.273. The largest absolute Gasteiger partial charge is 0.391 e. The van der Waals surface area contributed by atoms with E-state index in [0.29, 0.717) is 5.82 Å². The van der Waals surface area contributed by atoms with Crippen LogP contribution in [0.15, 0.2) is 24.5 Å². The summed E-state index contributed by atoms with van der Waals surface area (Å²) in [6.45, 7) is 3.62. The van der Waals surface area contributed by atoms with Gasteiger partial charge >= 0.3 is 12.0 Å². The molecular formula is C11H12N4O2. The van der Waals surface area contributed by atoms with Gasteiger partial charge in [0.05, 0.1) is 0 Å². The fourth-order valence-electron chi connectivity index (χ4n) is 1.28. The van der Waals surface area contributed by atoms with E-state index in [4.69, 9.17) is 4.74 Å². The Morgan fingerprint density at radius 1 is 1.41 bits per heavy atom. The van der Waals surface area contributed by atoms with Crippen LogP contribution in [0.1, 0.15) is 19.0 Å². The molecule has 0 atom stereocenters. The zero-order chi connectivity index (χ0) is 12.3. The van der Waals surface area contributed by atoms with E-state index in [1.165, 1.54) is 6.20 Å². The summed E-state index contributed by atoms with van der Waals surface area (Å²) < 4.78 is 6.58. The Morgan fingerprint density at radius 3 is 2.88 bits per heavy atom. The molecule has 6 nitrogen and oxygen atoms in total. The van der Waals surface area contributed by atoms with Crippen LogP contribution in [-0.4, -0.2) is 25.7 Å². The third-order valence-electron chi connectivity index (χ3n) is 2.16. The van der Waals surface area contributed by atoms with Gasteiger partial charge in [-0.2, -0.15) is 10.1 Å². The lowest BCUT2D eigenvalue weighted by Crippen LogP contribution is -2.10. The molecule has 2 heterocycles. The van der Waals surface area contributed by atoms with Crippen molar-refractivity contribution in [1.29, 1.82) is 0 Å². The number of aryl methyl sites for hydroxylation is 1. The number of hydrogen-bond donors (Lipinski definition) is 0. The van der Waals surface area contributed by atoms with E-state index in [1.54, 1.807) is 23.9 Å². The third kappa shape index (κ3) is 2.47. The Morgan fingerprint density at radius 2 is 2.24 bits per heavy atom. The first kappa shape index (κ1) is 11.3. The van der Waals surface area contributed by atoms with Gasteiger partial charge in [-0.3, -0.25) is 4.79 Å². The Bertz CT molecular complexity index is 536. The van der Waals surface area contributed by atoms with Crippen molar-refractivity contribution >= 4 is 5.97 Å². The molecule has 0 spiro atoms. The summed E-state index contributed by atoms with van der Waals surface area (Å²) in [6.07, 6.45) is 3.49. The number of esters is 1. The molecule has 0 saturated carbocycles. The normalized spacial score (nSPS) is 10.2. The standard InChI is InChI=1S/C11H12N4O2/c1-3-10(16)17-11-12-6-5-9(14-11)15-8(2)4-7-13-15/h4-7H,3H2,1-2H3. The van der Waals surface area contributed by atoms with Crippen LogP contribution >= 0.6 is 0 Å². The van der Waals surface area contributed by atoms with E-state index < -0.39 is 0 Å². The fourth-order valence-corrected chi connectivity index (χ4v) is 1.28. The topological polar surface area (TPSA) is 69.9 Å². The molecule has 0 unspecified atom stereocenters. The monoisotopic (exact) mass is 232 g/mol. The van der Waals surface area contributed by atoms with E-state index in [2.05, 4.69) is 15.1 Å². The minimum atomic E-state index is -0.362. The number of carbonyl (C=O) groups excluding carboxylic acids is 1. The zero-order valence-electron chi connectivity index (χ0n) is 9.62. The van der Waals surface area contributed by atoms with Gasteiger partial charge in [0.2, 0.25) is 0 Å². The summed E-state index contributed by atoms with van der Waals surface area (Å²) in [5.74, 6) is 0.209. The van der Waals surface area contributed by atoms with Crippen LogP contribution in [0.2, 0.25) is 0 Å². The van der Waals surface area contributed by atoms with E-state index in [0.717, 1.165) is 5.69 Å². The highest BCUT2D eigenvalue weighted by molar-refractivity contribution is 5.71. The van der Waals surface area contributed by atoms with Crippen molar-refractivity contribution < 1.29 is 9.53 Å². The van der Waals surface area contributed by atoms with E-state index >= 15 is 0 Å². The second-order valence-electron chi connectivity index (χ2n) is 3.41. The summed E-state index contributed by atoms with van der Waals surface area (Å²) in [5, 5.41) is 4.11. The highest BCUT2D eigenvalue weighted by Crippen LogP contribution is 2.10. The first-order valence-electron chi connectivity index (χ1n) is 5.25. The lowest BCUT2D eigenvalue weighted by molar-refractivity contribution is -0.134. The number of carbonyl (C=O) groups is 1. The van der Waals surface area contributed by atoms with Gasteiger partial charge in [0, 0.05) is 30.6 Å². The lowest BCUT2D eigenvalue weighted by atomic mass is 10.5. The Balaban J connectivity index is 2.29. The van der Waals surface area contributed by atoms with E-state index in [1.807, 2.05) is 13.0 Å². The quantitative estimate of drug-likeness (QED) is 0.746. The smallest absolute Gasteiger partial charge is 0.326 e. The zero-order valence-corrected chi connectivity index (χ0v) is 9.62. The molecule has 0 radical (unpaired) electrons. The maximum Gasteiger partial charge on any atom is 0.326 e. The molecule has 0 aromatic carbocycles. The molecule has 0 N–H and O–H groups in total. The van der Waals surface area contributed by atoms with Crippen LogP contribution in [0.5, 0.6) is 6.01 Å². The molecule has 0 saturated heterocycles. The number of ether oxygens (including phenoxy) is 1. The maximum absolute atomic E-state index is 11.1. The molecule has 0 bridgehead atoms. The van der Waals surface area contributed by atoms with Crippen molar-refractivity contribution in [1.82, 2.24) is 19.7 Å². The van der Waals surface area contributed by atoms with Crippen molar-refractivity contribution in [3.63, 3.8) is 0 Å². The molecule has 0 fully saturated rings. The van der Waals surface area contributed by atoms with Gasteiger partial charge in [0.25, 0.3) is 0 Å². The van der Waals surface area contributed by atoms with Crippen LogP contribution in [0.25, 0.3) is 5.82 Å². The SMILES string of the molecule is CCC(=O)Oc1nccc(-n2nccc2C)n1. The maximum atomic E-state index is 11.1. The van der Waals surface area contributed by atoms with Gasteiger partial charge in [-0.15, -0.1) is 0 Å². The van der Waals surface area contributed by atoms with Crippen molar-refractivity contribution in [3.05, 3.63) is 30.2 Å². The van der Waals surface area contributed by atoms with E-state index in [-0.39, 0.29) is 18.4 Å². The average molecular weight is 232 g/mol. The predicted molar refractivity (Wildman–Crippen MR) is 59.8 cm³/mol. The first-order chi connectivity index (χ1) is 8.20. The minimum Gasteiger partial charge on any atom is -0.391 e. The van der Waals surface area contributed by atoms with Crippen LogP contribution < -0.4 is 4.74 Å². The van der Waals surface area contributed by atoms with Crippen LogP contribution in [0, 0.1) is 6.92 Å². The molecule has 17 heavy (non-hydrogen) atoms. The molecule has 2 aromatic heterocycles. The van der Waals surface area contributed by atoms with Gasteiger partial charge in [-0.25, -0.2) is 9.67 Å². The lowest BCUT2D eigenvalue weighted by Gasteiger charge is -2.04. The van der Waals surface area contributed by atoms with Gasteiger partial charge in [0.15, 0.2) is 5.82 Å². The van der Waals surface area contributed by atoms with Gasteiger partial charge in [-0.1, -0.05) is 6.92 Å². The third-order valence-corrected chi connectivity index (χ3v) is 2.16. The number of nitrogens with zero attached hydrogens (tertiary/aromatic N) is 4. The van der Waals surface area contributed by atoms with Crippen molar-refractivity contribution in [3.8, 4) is 11.8 Å². The summed E-state index contributed by atoms with van der Waals surface area (Å²) >= 11 is 0.